The van der Waals surface area contributed by atoms with Crippen molar-refractivity contribution in [2.24, 2.45) is 5.92 Å². The highest BCUT2D eigenvalue weighted by molar-refractivity contribution is 6.30. The Labute approximate surface area is 171 Å². The second-order valence-corrected chi connectivity index (χ2v) is 7.23. The number of nitrogens with one attached hydrogen (secondary N) is 1. The van der Waals surface area contributed by atoms with E-state index in [0.29, 0.717) is 22.2 Å². The van der Waals surface area contributed by atoms with Crippen LogP contribution in [0.3, 0.4) is 0 Å². The van der Waals surface area contributed by atoms with Gasteiger partial charge in [0.2, 0.25) is 11.8 Å². The Morgan fingerprint density at radius 3 is 2.66 bits per heavy atom. The number of carbonyl (C=O) groups excluding carboxylic acids is 2. The van der Waals surface area contributed by atoms with Crippen molar-refractivity contribution in [3.63, 3.8) is 0 Å². The predicted octanol–water partition coefficient (Wildman–Crippen LogP) is 3.80. The summed E-state index contributed by atoms with van der Waals surface area (Å²) in [6, 6.07) is 14.5. The molecule has 1 atom stereocenters. The molecule has 2 amide bonds. The van der Waals surface area contributed by atoms with Gasteiger partial charge >= 0.3 is 0 Å². The van der Waals surface area contributed by atoms with Gasteiger partial charge in [0.1, 0.15) is 11.5 Å². The number of hydrogen-bond donors (Lipinski definition) is 1. The topological polar surface area (TPSA) is 75.4 Å². The van der Waals surface area contributed by atoms with Crippen LogP contribution < -0.4 is 10.2 Å². The first-order chi connectivity index (χ1) is 14.0. The molecule has 1 aliphatic heterocycles. The Morgan fingerprint density at radius 2 is 1.93 bits per heavy atom. The number of amides is 2. The summed E-state index contributed by atoms with van der Waals surface area (Å²) in [6.07, 6.45) is 0.109. The molecule has 0 radical (unpaired) electrons. The number of carbonyl (C=O) groups is 2. The fraction of sp³-hybridized carbons (Fsp3) is 0.190. The summed E-state index contributed by atoms with van der Waals surface area (Å²) in [6.45, 7) is 0.447. The Morgan fingerprint density at radius 1 is 1.21 bits per heavy atom. The Balaban J connectivity index is 1.35. The highest BCUT2D eigenvalue weighted by Crippen LogP contribution is 2.26. The maximum Gasteiger partial charge on any atom is 0.227 e. The smallest absolute Gasteiger partial charge is 0.227 e. The number of rotatable bonds is 5. The van der Waals surface area contributed by atoms with Crippen LogP contribution in [0.4, 0.5) is 10.1 Å². The largest absolute Gasteiger partial charge is 0.356 e. The summed E-state index contributed by atoms with van der Waals surface area (Å²) in [5.41, 5.74) is 1.98. The molecule has 4 rings (SSSR count). The van der Waals surface area contributed by atoms with Gasteiger partial charge in [-0.15, -0.1) is 0 Å². The monoisotopic (exact) mass is 413 g/mol. The number of aromatic nitrogens is 1. The summed E-state index contributed by atoms with van der Waals surface area (Å²) < 4.78 is 18.4. The second-order valence-electron chi connectivity index (χ2n) is 6.79. The van der Waals surface area contributed by atoms with E-state index in [2.05, 4.69) is 10.5 Å². The molecule has 1 aromatic heterocycles. The van der Waals surface area contributed by atoms with Gasteiger partial charge in [0, 0.05) is 35.3 Å². The number of benzene rings is 2. The standard InChI is InChI=1S/C21H17ClFN3O3/c22-15-3-1-13(2-4-15)19-10-17(25-29-19)11-24-21(28)14-9-20(27)26(12-14)18-7-5-16(23)6-8-18/h1-8,10,14H,9,11-12H2,(H,24,28)/t14-/m1/s1. The lowest BCUT2D eigenvalue weighted by molar-refractivity contribution is -0.126. The van der Waals surface area contributed by atoms with Gasteiger partial charge in [-0.2, -0.15) is 0 Å². The second kappa shape index (κ2) is 8.05. The third-order valence-corrected chi connectivity index (χ3v) is 5.02. The molecule has 0 aliphatic carbocycles. The molecule has 2 aromatic carbocycles. The van der Waals surface area contributed by atoms with Gasteiger partial charge in [-0.1, -0.05) is 16.8 Å². The molecule has 3 aromatic rings. The summed E-state index contributed by atoms with van der Waals surface area (Å²) >= 11 is 5.88. The van der Waals surface area contributed by atoms with E-state index in [1.165, 1.54) is 29.2 Å². The molecule has 0 saturated carbocycles. The molecule has 0 bridgehead atoms. The number of nitrogens with zero attached hydrogens (tertiary/aromatic N) is 2. The van der Waals surface area contributed by atoms with Gasteiger partial charge in [-0.25, -0.2) is 4.39 Å². The molecule has 29 heavy (non-hydrogen) atoms. The van der Waals surface area contributed by atoms with Crippen LogP contribution >= 0.6 is 11.6 Å². The van der Waals surface area contributed by atoms with E-state index in [9.17, 15) is 14.0 Å². The van der Waals surface area contributed by atoms with Gasteiger partial charge in [0.25, 0.3) is 0 Å². The Kier molecular flexibility index (Phi) is 5.31. The fourth-order valence-corrected chi connectivity index (χ4v) is 3.35. The molecule has 148 valence electrons. The van der Waals surface area contributed by atoms with Crippen molar-refractivity contribution < 1.29 is 18.5 Å². The van der Waals surface area contributed by atoms with E-state index in [4.69, 9.17) is 16.1 Å². The third kappa shape index (κ3) is 4.30. The molecule has 2 heterocycles. The quantitative estimate of drug-likeness (QED) is 0.690. The van der Waals surface area contributed by atoms with Crippen LogP contribution in [-0.4, -0.2) is 23.5 Å². The normalized spacial score (nSPS) is 16.3. The average molecular weight is 414 g/mol. The molecule has 1 fully saturated rings. The van der Waals surface area contributed by atoms with Crippen molar-refractivity contribution in [3.05, 3.63) is 71.1 Å². The minimum atomic E-state index is -0.477. The van der Waals surface area contributed by atoms with Crippen LogP contribution in [-0.2, 0) is 16.1 Å². The molecular weight excluding hydrogens is 397 g/mol. The van der Waals surface area contributed by atoms with E-state index >= 15 is 0 Å². The van der Waals surface area contributed by atoms with Gasteiger partial charge in [0.05, 0.1) is 12.5 Å². The number of anilines is 1. The fourth-order valence-electron chi connectivity index (χ4n) is 3.22. The molecule has 0 unspecified atom stereocenters. The van der Waals surface area contributed by atoms with Crippen molar-refractivity contribution in [3.8, 4) is 11.3 Å². The van der Waals surface area contributed by atoms with Crippen LogP contribution in [0.2, 0.25) is 5.02 Å². The van der Waals surface area contributed by atoms with Crippen molar-refractivity contribution in [2.45, 2.75) is 13.0 Å². The van der Waals surface area contributed by atoms with Crippen LogP contribution in [0.25, 0.3) is 11.3 Å². The zero-order valence-corrected chi connectivity index (χ0v) is 16.0. The maximum atomic E-state index is 13.1. The number of halogens is 2. The van der Waals surface area contributed by atoms with E-state index in [1.54, 1.807) is 18.2 Å². The lowest BCUT2D eigenvalue weighted by Crippen LogP contribution is -2.32. The molecule has 1 aliphatic rings. The first-order valence-electron chi connectivity index (χ1n) is 9.05. The molecule has 8 heteroatoms. The third-order valence-electron chi connectivity index (χ3n) is 4.77. The Hall–Kier alpha value is -3.19. The van der Waals surface area contributed by atoms with Crippen LogP contribution in [0.15, 0.2) is 59.1 Å². The minimum Gasteiger partial charge on any atom is -0.356 e. The average Bonchev–Trinajstić information content (AvgIpc) is 3.34. The van der Waals surface area contributed by atoms with E-state index in [-0.39, 0.29) is 37.1 Å². The number of hydrogen-bond acceptors (Lipinski definition) is 4. The zero-order valence-electron chi connectivity index (χ0n) is 15.3. The van der Waals surface area contributed by atoms with Crippen LogP contribution in [0.5, 0.6) is 0 Å². The zero-order chi connectivity index (χ0) is 20.4. The van der Waals surface area contributed by atoms with Crippen molar-refractivity contribution in [2.75, 3.05) is 11.4 Å². The predicted molar refractivity (Wildman–Crippen MR) is 106 cm³/mol. The summed E-state index contributed by atoms with van der Waals surface area (Å²) in [5.74, 6) is -0.679. The van der Waals surface area contributed by atoms with Crippen LogP contribution in [0.1, 0.15) is 12.1 Å². The minimum absolute atomic E-state index is 0.109. The van der Waals surface area contributed by atoms with E-state index < -0.39 is 5.92 Å². The highest BCUT2D eigenvalue weighted by atomic mass is 35.5. The maximum absolute atomic E-state index is 13.1. The molecular formula is C21H17ClFN3O3. The van der Waals surface area contributed by atoms with Crippen LogP contribution in [0, 0.1) is 11.7 Å². The summed E-state index contributed by atoms with van der Waals surface area (Å²) in [4.78, 5) is 26.2. The van der Waals surface area contributed by atoms with E-state index in [1.807, 2.05) is 12.1 Å². The van der Waals surface area contributed by atoms with Gasteiger partial charge in [-0.3, -0.25) is 9.59 Å². The van der Waals surface area contributed by atoms with Gasteiger partial charge < -0.3 is 14.7 Å². The van der Waals surface area contributed by atoms with Crippen molar-refractivity contribution in [1.82, 2.24) is 10.5 Å². The SMILES string of the molecule is O=C(NCc1cc(-c2ccc(Cl)cc2)on1)[C@@H]1CC(=O)N(c2ccc(F)cc2)C1. The first kappa shape index (κ1) is 19.1. The summed E-state index contributed by atoms with van der Waals surface area (Å²) in [7, 11) is 0. The first-order valence-corrected chi connectivity index (χ1v) is 9.42. The van der Waals surface area contributed by atoms with Crippen molar-refractivity contribution in [1.29, 1.82) is 0 Å². The van der Waals surface area contributed by atoms with E-state index in [0.717, 1.165) is 5.56 Å². The Bertz CT molecular complexity index is 1030. The highest BCUT2D eigenvalue weighted by Gasteiger charge is 2.35. The lowest BCUT2D eigenvalue weighted by atomic mass is 10.1. The van der Waals surface area contributed by atoms with Crippen molar-refractivity contribution >= 4 is 29.1 Å². The van der Waals surface area contributed by atoms with Gasteiger partial charge in [-0.05, 0) is 48.5 Å². The molecule has 1 saturated heterocycles. The lowest BCUT2D eigenvalue weighted by Gasteiger charge is -2.16. The molecule has 0 spiro atoms. The molecule has 6 nitrogen and oxygen atoms in total. The van der Waals surface area contributed by atoms with Gasteiger partial charge in [0.15, 0.2) is 5.76 Å². The summed E-state index contributed by atoms with van der Waals surface area (Å²) in [5, 5.41) is 7.39. The molecule has 1 N–H and O–H groups in total.